The van der Waals surface area contributed by atoms with Gasteiger partial charge >= 0.3 is 17.0 Å². The Bertz CT molecular complexity index is 1570. The number of imide groups is 1. The first kappa shape index (κ1) is 27.8. The SMILES string of the molecule is CCOC(=O)Cn1c2c(sc1=O)[C@H](c1cccc(Cl)c1Cl)C1C(=O)N(c3cccc(C(F)(F)F)c3)C(=O)C1S2. The van der Waals surface area contributed by atoms with Crippen molar-refractivity contribution in [3.05, 3.63) is 78.2 Å². The molecule has 0 aliphatic carbocycles. The van der Waals surface area contributed by atoms with Crippen LogP contribution in [0.4, 0.5) is 18.9 Å². The summed E-state index contributed by atoms with van der Waals surface area (Å²) in [4.78, 5) is 53.4. The summed E-state index contributed by atoms with van der Waals surface area (Å²) >= 11 is 14.5. The number of esters is 1. The number of halogens is 5. The molecule has 1 saturated heterocycles. The van der Waals surface area contributed by atoms with Crippen LogP contribution < -0.4 is 9.77 Å². The van der Waals surface area contributed by atoms with E-state index in [4.69, 9.17) is 27.9 Å². The molecule has 204 valence electrons. The molecule has 2 aliphatic heterocycles. The summed E-state index contributed by atoms with van der Waals surface area (Å²) in [6.07, 6.45) is -4.69. The van der Waals surface area contributed by atoms with Crippen molar-refractivity contribution >= 4 is 69.8 Å². The lowest BCUT2D eigenvalue weighted by Gasteiger charge is -2.31. The predicted molar refractivity (Wildman–Crippen MR) is 141 cm³/mol. The average molecular weight is 617 g/mol. The molecule has 2 unspecified atom stereocenters. The molecule has 3 aromatic rings. The van der Waals surface area contributed by atoms with Crippen LogP contribution in [0.5, 0.6) is 0 Å². The molecule has 0 N–H and O–H groups in total. The van der Waals surface area contributed by atoms with Crippen molar-refractivity contribution in [3.63, 3.8) is 0 Å². The van der Waals surface area contributed by atoms with E-state index in [2.05, 4.69) is 0 Å². The summed E-state index contributed by atoms with van der Waals surface area (Å²) in [6.45, 7) is 1.29. The maximum absolute atomic E-state index is 13.8. The first-order valence-electron chi connectivity index (χ1n) is 11.5. The quantitative estimate of drug-likeness (QED) is 0.274. The Hall–Kier alpha value is -2.80. The van der Waals surface area contributed by atoms with E-state index < -0.39 is 58.0 Å². The van der Waals surface area contributed by atoms with Crippen LogP contribution in [-0.2, 0) is 31.8 Å². The van der Waals surface area contributed by atoms with Crippen molar-refractivity contribution in [2.75, 3.05) is 11.5 Å². The lowest BCUT2D eigenvalue weighted by molar-refractivity contribution is -0.144. The summed E-state index contributed by atoms with van der Waals surface area (Å²) in [5.74, 6) is -4.18. The molecule has 7 nitrogen and oxygen atoms in total. The number of rotatable bonds is 5. The summed E-state index contributed by atoms with van der Waals surface area (Å²) in [5, 5.41) is -0.541. The molecule has 0 radical (unpaired) electrons. The Morgan fingerprint density at radius 2 is 1.79 bits per heavy atom. The number of hydrogen-bond acceptors (Lipinski definition) is 7. The van der Waals surface area contributed by atoms with Gasteiger partial charge in [0.15, 0.2) is 0 Å². The molecule has 2 aliphatic rings. The van der Waals surface area contributed by atoms with E-state index in [0.29, 0.717) is 10.4 Å². The smallest absolute Gasteiger partial charge is 0.416 e. The van der Waals surface area contributed by atoms with Crippen LogP contribution in [0.2, 0.25) is 10.0 Å². The molecular formula is C25H17Cl2F3N2O5S2. The molecule has 0 bridgehead atoms. The average Bonchev–Trinajstić information content (AvgIpc) is 3.32. The van der Waals surface area contributed by atoms with Crippen LogP contribution in [-0.4, -0.2) is 34.2 Å². The van der Waals surface area contributed by atoms with Gasteiger partial charge in [0.05, 0.1) is 38.8 Å². The Labute approximate surface area is 237 Å². The number of nitrogens with zero attached hydrogens (tertiary/aromatic N) is 2. The first-order chi connectivity index (χ1) is 18.4. The molecule has 14 heteroatoms. The van der Waals surface area contributed by atoms with E-state index in [1.54, 1.807) is 19.1 Å². The zero-order valence-corrected chi connectivity index (χ0v) is 23.0. The van der Waals surface area contributed by atoms with Gasteiger partial charge in [-0.3, -0.25) is 23.7 Å². The molecule has 3 atom stereocenters. The first-order valence-corrected chi connectivity index (χ1v) is 13.9. The third-order valence-corrected chi connectivity index (χ3v) is 9.83. The minimum absolute atomic E-state index is 0.0947. The summed E-state index contributed by atoms with van der Waals surface area (Å²) < 4.78 is 46.4. The van der Waals surface area contributed by atoms with Crippen LogP contribution in [0.3, 0.4) is 0 Å². The fraction of sp³-hybridized carbons (Fsp3) is 0.280. The minimum Gasteiger partial charge on any atom is -0.465 e. The Morgan fingerprint density at radius 3 is 2.49 bits per heavy atom. The van der Waals surface area contributed by atoms with E-state index in [9.17, 15) is 32.3 Å². The lowest BCUT2D eigenvalue weighted by atomic mass is 9.83. The Morgan fingerprint density at radius 1 is 1.08 bits per heavy atom. The fourth-order valence-corrected chi connectivity index (χ4v) is 7.95. The third kappa shape index (κ3) is 4.77. The van der Waals surface area contributed by atoms with Gasteiger partial charge in [-0.2, -0.15) is 13.2 Å². The highest BCUT2D eigenvalue weighted by Gasteiger charge is 2.57. The third-order valence-electron chi connectivity index (χ3n) is 6.39. The van der Waals surface area contributed by atoms with Crippen molar-refractivity contribution in [1.29, 1.82) is 0 Å². The zero-order chi connectivity index (χ0) is 28.2. The van der Waals surface area contributed by atoms with Gasteiger partial charge in [0.25, 0.3) is 0 Å². The van der Waals surface area contributed by atoms with E-state index in [0.717, 1.165) is 46.2 Å². The van der Waals surface area contributed by atoms with Crippen molar-refractivity contribution < 1.29 is 32.3 Å². The number of thiazole rings is 1. The second-order valence-electron chi connectivity index (χ2n) is 8.67. The minimum atomic E-state index is -4.69. The van der Waals surface area contributed by atoms with Crippen molar-refractivity contribution in [1.82, 2.24) is 4.57 Å². The van der Waals surface area contributed by atoms with E-state index in [1.165, 1.54) is 16.7 Å². The molecule has 2 amide bonds. The summed E-state index contributed by atoms with van der Waals surface area (Å²) in [6, 6.07) is 8.70. The van der Waals surface area contributed by atoms with Crippen molar-refractivity contribution in [3.8, 4) is 0 Å². The van der Waals surface area contributed by atoms with Crippen LogP contribution in [0, 0.1) is 5.92 Å². The molecule has 1 fully saturated rings. The highest BCUT2D eigenvalue weighted by atomic mass is 35.5. The monoisotopic (exact) mass is 616 g/mol. The molecule has 3 heterocycles. The predicted octanol–water partition coefficient (Wildman–Crippen LogP) is 5.59. The fourth-order valence-electron chi connectivity index (χ4n) is 4.76. The maximum atomic E-state index is 13.8. The molecule has 2 aromatic carbocycles. The number of ether oxygens (including phenoxy) is 1. The molecule has 0 spiro atoms. The number of anilines is 1. The molecule has 39 heavy (non-hydrogen) atoms. The lowest BCUT2D eigenvalue weighted by Crippen LogP contribution is -2.33. The van der Waals surface area contributed by atoms with Crippen LogP contribution in [0.15, 0.2) is 52.3 Å². The standard InChI is InChI=1S/C25H17Cl2F3N2O5S2/c1-2-37-15(33)10-31-23-20(39-24(31)36)16(13-7-4-8-14(26)18(13)27)17-19(38-23)22(35)32(21(17)34)12-6-3-5-11(9-12)25(28,29)30/h3-9,16-17,19H,2,10H2,1H3/t16-,17?,19?/m1/s1. The highest BCUT2D eigenvalue weighted by molar-refractivity contribution is 8.00. The van der Waals surface area contributed by atoms with E-state index >= 15 is 0 Å². The number of alkyl halides is 3. The number of thioether (sulfide) groups is 1. The summed E-state index contributed by atoms with van der Waals surface area (Å²) in [5.41, 5.74) is -0.865. The molecule has 0 saturated carbocycles. The number of carbonyl (C=O) groups excluding carboxylic acids is 3. The van der Waals surface area contributed by atoms with Crippen LogP contribution >= 0.6 is 46.3 Å². The van der Waals surface area contributed by atoms with E-state index in [1.807, 2.05) is 0 Å². The molecule has 5 rings (SSSR count). The van der Waals surface area contributed by atoms with Gasteiger partial charge in [0.1, 0.15) is 11.8 Å². The van der Waals surface area contributed by atoms with Crippen LogP contribution in [0.25, 0.3) is 0 Å². The topological polar surface area (TPSA) is 85.7 Å². The number of aromatic nitrogens is 1. The second-order valence-corrected chi connectivity index (χ2v) is 11.6. The van der Waals surface area contributed by atoms with Gasteiger partial charge in [-0.05, 0) is 36.8 Å². The molecular weight excluding hydrogens is 600 g/mol. The summed E-state index contributed by atoms with van der Waals surface area (Å²) in [7, 11) is 0. The van der Waals surface area contributed by atoms with Gasteiger partial charge in [0, 0.05) is 10.8 Å². The van der Waals surface area contributed by atoms with Crippen molar-refractivity contribution in [2.45, 2.75) is 35.8 Å². The normalized spacial score (nSPS) is 20.7. The Balaban J connectivity index is 1.67. The number of fused-ring (bicyclic) bond motifs is 2. The molecule has 1 aromatic heterocycles. The number of amides is 2. The van der Waals surface area contributed by atoms with Gasteiger partial charge in [-0.15, -0.1) is 0 Å². The second kappa shape index (κ2) is 10.3. The maximum Gasteiger partial charge on any atom is 0.416 e. The van der Waals surface area contributed by atoms with Gasteiger partial charge in [-0.25, -0.2) is 4.90 Å². The van der Waals surface area contributed by atoms with Gasteiger partial charge in [-0.1, -0.05) is 64.5 Å². The largest absolute Gasteiger partial charge is 0.465 e. The zero-order valence-electron chi connectivity index (χ0n) is 19.8. The van der Waals surface area contributed by atoms with Gasteiger partial charge < -0.3 is 4.74 Å². The van der Waals surface area contributed by atoms with E-state index in [-0.39, 0.29) is 27.4 Å². The Kier molecular flexibility index (Phi) is 7.34. The van der Waals surface area contributed by atoms with Crippen LogP contribution in [0.1, 0.15) is 28.8 Å². The number of carbonyl (C=O) groups is 3. The van der Waals surface area contributed by atoms with Crippen molar-refractivity contribution in [2.24, 2.45) is 5.92 Å². The number of benzene rings is 2. The van der Waals surface area contributed by atoms with Gasteiger partial charge in [0.2, 0.25) is 11.8 Å². The number of hydrogen-bond donors (Lipinski definition) is 0. The highest BCUT2D eigenvalue weighted by Crippen LogP contribution is 2.55.